The van der Waals surface area contributed by atoms with Crippen LogP contribution < -0.4 is 5.73 Å². The number of guanidine groups is 1. The maximum absolute atomic E-state index is 5.78. The molecule has 17 heavy (non-hydrogen) atoms. The van der Waals surface area contributed by atoms with Crippen LogP contribution in [0, 0.1) is 0 Å². The summed E-state index contributed by atoms with van der Waals surface area (Å²) in [6.45, 7) is 0.826. The highest BCUT2D eigenvalue weighted by Gasteiger charge is 2.09. The lowest BCUT2D eigenvalue weighted by molar-refractivity contribution is 0.529. The van der Waals surface area contributed by atoms with E-state index in [1.54, 1.807) is 18.0 Å². The minimum Gasteiger partial charge on any atom is -0.369 e. The van der Waals surface area contributed by atoms with E-state index in [-0.39, 0.29) is 12.4 Å². The van der Waals surface area contributed by atoms with Crippen molar-refractivity contribution in [1.29, 1.82) is 0 Å². The molecule has 0 fully saturated rings. The van der Waals surface area contributed by atoms with E-state index in [9.17, 15) is 0 Å². The van der Waals surface area contributed by atoms with Crippen molar-refractivity contribution in [1.82, 2.24) is 4.90 Å². The summed E-state index contributed by atoms with van der Waals surface area (Å²) in [4.78, 5) is 7.31. The van der Waals surface area contributed by atoms with Gasteiger partial charge in [0.2, 0.25) is 0 Å². The number of rotatable bonds is 3. The van der Waals surface area contributed by atoms with Crippen LogP contribution in [0.15, 0.2) is 50.9 Å². The Morgan fingerprint density at radius 3 is 2.88 bits per heavy atom. The second-order valence-corrected chi connectivity index (χ2v) is 5.14. The van der Waals surface area contributed by atoms with Crippen molar-refractivity contribution in [3.05, 3.63) is 41.0 Å². The van der Waals surface area contributed by atoms with Gasteiger partial charge in [0.15, 0.2) is 5.96 Å². The molecule has 3 nitrogen and oxygen atoms in total. The van der Waals surface area contributed by atoms with Gasteiger partial charge in [-0.2, -0.15) is 0 Å². The van der Waals surface area contributed by atoms with Gasteiger partial charge in [0.1, 0.15) is 0 Å². The van der Waals surface area contributed by atoms with Crippen LogP contribution in [0.2, 0.25) is 0 Å². The molecule has 0 unspecified atom stereocenters. The fraction of sp³-hybridized carbons (Fsp3) is 0.182. The van der Waals surface area contributed by atoms with Crippen molar-refractivity contribution in [3.63, 3.8) is 0 Å². The van der Waals surface area contributed by atoms with Gasteiger partial charge in [-0.1, -0.05) is 12.1 Å². The van der Waals surface area contributed by atoms with Gasteiger partial charge in [0.25, 0.3) is 0 Å². The van der Waals surface area contributed by atoms with Gasteiger partial charge in [-0.25, -0.2) is 4.99 Å². The molecule has 0 aromatic heterocycles. The molecule has 1 aliphatic heterocycles. The first kappa shape index (κ1) is 14.4. The van der Waals surface area contributed by atoms with Gasteiger partial charge in [0, 0.05) is 22.1 Å². The van der Waals surface area contributed by atoms with Gasteiger partial charge in [0.05, 0.1) is 5.88 Å². The lowest BCUT2D eigenvalue weighted by Gasteiger charge is -2.23. The van der Waals surface area contributed by atoms with Crippen molar-refractivity contribution in [2.45, 2.75) is 4.90 Å². The SMILES string of the molecule is Cl.NC1=NC=CCN1CSc1ccccc1Br. The van der Waals surface area contributed by atoms with Crippen molar-refractivity contribution in [3.8, 4) is 0 Å². The van der Waals surface area contributed by atoms with Crippen molar-refractivity contribution >= 4 is 46.1 Å². The molecular weight excluding hydrogens is 322 g/mol. The van der Waals surface area contributed by atoms with E-state index >= 15 is 0 Å². The molecule has 1 aromatic carbocycles. The van der Waals surface area contributed by atoms with E-state index in [1.807, 2.05) is 29.2 Å². The Labute approximate surface area is 120 Å². The van der Waals surface area contributed by atoms with Crippen LogP contribution in [0.25, 0.3) is 0 Å². The molecule has 0 amide bonds. The number of nitrogens with two attached hydrogens (primary N) is 1. The minimum absolute atomic E-state index is 0. The van der Waals surface area contributed by atoms with Crippen LogP contribution in [0.3, 0.4) is 0 Å². The average Bonchev–Trinajstić information content (AvgIpc) is 2.30. The molecular formula is C11H13BrClN3S. The predicted molar refractivity (Wildman–Crippen MR) is 79.6 cm³/mol. The van der Waals surface area contributed by atoms with E-state index < -0.39 is 0 Å². The van der Waals surface area contributed by atoms with Gasteiger partial charge in [-0.05, 0) is 34.1 Å². The highest BCUT2D eigenvalue weighted by Crippen LogP contribution is 2.27. The van der Waals surface area contributed by atoms with Gasteiger partial charge in [-0.15, -0.1) is 24.2 Å². The Kier molecular flexibility index (Phi) is 5.88. The maximum atomic E-state index is 5.78. The summed E-state index contributed by atoms with van der Waals surface area (Å²) in [5, 5.41) is 0. The molecule has 0 atom stereocenters. The Hall–Kier alpha value is -0.650. The number of nitrogens with zero attached hydrogens (tertiary/aromatic N) is 2. The number of hydrogen-bond acceptors (Lipinski definition) is 4. The molecule has 0 bridgehead atoms. The van der Waals surface area contributed by atoms with Crippen LogP contribution in [0.1, 0.15) is 0 Å². The van der Waals surface area contributed by atoms with Gasteiger partial charge in [-0.3, -0.25) is 0 Å². The number of hydrogen-bond donors (Lipinski definition) is 1. The quantitative estimate of drug-likeness (QED) is 0.864. The number of aliphatic imine (C=N–C) groups is 1. The summed E-state index contributed by atoms with van der Waals surface area (Å²) in [5.41, 5.74) is 5.78. The zero-order valence-corrected chi connectivity index (χ0v) is 12.3. The largest absolute Gasteiger partial charge is 0.369 e. The van der Waals surface area contributed by atoms with Crippen LogP contribution >= 0.6 is 40.1 Å². The number of thioether (sulfide) groups is 1. The highest BCUT2D eigenvalue weighted by atomic mass is 79.9. The zero-order chi connectivity index (χ0) is 11.4. The molecule has 6 heteroatoms. The summed E-state index contributed by atoms with van der Waals surface area (Å²) < 4.78 is 1.11. The normalized spacial score (nSPS) is 14.2. The van der Waals surface area contributed by atoms with Crippen LogP contribution in [-0.4, -0.2) is 23.3 Å². The molecule has 0 spiro atoms. The summed E-state index contributed by atoms with van der Waals surface area (Å²) in [5.74, 6) is 1.39. The Balaban J connectivity index is 0.00000144. The number of benzene rings is 1. The van der Waals surface area contributed by atoms with E-state index in [0.29, 0.717) is 5.96 Å². The molecule has 0 saturated carbocycles. The van der Waals surface area contributed by atoms with E-state index in [0.717, 1.165) is 16.9 Å². The molecule has 2 rings (SSSR count). The Morgan fingerprint density at radius 2 is 2.18 bits per heavy atom. The molecule has 92 valence electrons. The monoisotopic (exact) mass is 333 g/mol. The number of halogens is 2. The summed E-state index contributed by atoms with van der Waals surface area (Å²) in [7, 11) is 0. The summed E-state index contributed by atoms with van der Waals surface area (Å²) >= 11 is 5.26. The third kappa shape index (κ3) is 3.94. The molecule has 0 saturated heterocycles. The second kappa shape index (κ2) is 6.93. The average molecular weight is 335 g/mol. The molecule has 0 aliphatic carbocycles. The fourth-order valence-electron chi connectivity index (χ4n) is 1.31. The first-order valence-electron chi connectivity index (χ1n) is 4.88. The maximum Gasteiger partial charge on any atom is 0.196 e. The van der Waals surface area contributed by atoms with Crippen molar-refractivity contribution in [2.75, 3.05) is 12.4 Å². The lowest BCUT2D eigenvalue weighted by atomic mass is 10.4. The Bertz CT molecular complexity index is 436. The van der Waals surface area contributed by atoms with Gasteiger partial charge >= 0.3 is 0 Å². The zero-order valence-electron chi connectivity index (χ0n) is 9.04. The first-order chi connectivity index (χ1) is 7.77. The van der Waals surface area contributed by atoms with Gasteiger partial charge < -0.3 is 10.6 Å². The summed E-state index contributed by atoms with van der Waals surface area (Å²) in [6.07, 6.45) is 3.74. The smallest absolute Gasteiger partial charge is 0.196 e. The fourth-order valence-corrected chi connectivity index (χ4v) is 2.85. The molecule has 1 heterocycles. The van der Waals surface area contributed by atoms with E-state index in [2.05, 4.69) is 27.0 Å². The van der Waals surface area contributed by atoms with Crippen molar-refractivity contribution < 1.29 is 0 Å². The molecule has 1 aromatic rings. The molecule has 0 radical (unpaired) electrons. The Morgan fingerprint density at radius 1 is 1.41 bits per heavy atom. The van der Waals surface area contributed by atoms with Crippen LogP contribution in [-0.2, 0) is 0 Å². The summed E-state index contributed by atoms with van der Waals surface area (Å²) in [6, 6.07) is 8.16. The van der Waals surface area contributed by atoms with Crippen LogP contribution in [0.4, 0.5) is 0 Å². The second-order valence-electron chi connectivity index (χ2n) is 3.30. The minimum atomic E-state index is 0. The van der Waals surface area contributed by atoms with E-state index in [1.165, 1.54) is 4.90 Å². The topological polar surface area (TPSA) is 41.6 Å². The van der Waals surface area contributed by atoms with Crippen molar-refractivity contribution in [2.24, 2.45) is 10.7 Å². The third-order valence-electron chi connectivity index (χ3n) is 2.17. The first-order valence-corrected chi connectivity index (χ1v) is 6.66. The highest BCUT2D eigenvalue weighted by molar-refractivity contribution is 9.10. The lowest BCUT2D eigenvalue weighted by Crippen LogP contribution is -2.38. The van der Waals surface area contributed by atoms with Crippen LogP contribution in [0.5, 0.6) is 0 Å². The van der Waals surface area contributed by atoms with E-state index in [4.69, 9.17) is 5.73 Å². The molecule has 1 aliphatic rings. The standard InChI is InChI=1S/C11H12BrN3S.ClH/c12-9-4-1-2-5-10(9)16-8-15-7-3-6-14-11(15)13;/h1-6H,7-8H2,(H2,13,14);1H. The molecule has 2 N–H and O–H groups in total. The predicted octanol–water partition coefficient (Wildman–Crippen LogP) is 3.06. The third-order valence-corrected chi connectivity index (χ3v) is 4.24.